The van der Waals surface area contributed by atoms with Crippen molar-refractivity contribution >= 4 is 0 Å². The Balaban J connectivity index is 1.59. The minimum atomic E-state index is -0.202. The van der Waals surface area contributed by atoms with E-state index in [1.807, 2.05) is 0 Å². The van der Waals surface area contributed by atoms with E-state index in [4.69, 9.17) is 4.94 Å². The van der Waals surface area contributed by atoms with Gasteiger partial charge in [0.1, 0.15) is 0 Å². The fourth-order valence-corrected chi connectivity index (χ4v) is 5.72. The van der Waals surface area contributed by atoms with E-state index in [0.717, 1.165) is 6.42 Å². The molecule has 5 nitrogen and oxygen atoms in total. The van der Waals surface area contributed by atoms with E-state index in [-0.39, 0.29) is 12.1 Å². The van der Waals surface area contributed by atoms with Gasteiger partial charge in [0.2, 0.25) is 0 Å². The lowest BCUT2D eigenvalue weighted by Crippen LogP contribution is -2.47. The lowest BCUT2D eigenvalue weighted by Gasteiger charge is -2.42. The molecular weight excluding hydrogens is 220 g/mol. The second-order valence-corrected chi connectivity index (χ2v) is 6.30. The highest BCUT2D eigenvalue weighted by atomic mass is 17.1. The van der Waals surface area contributed by atoms with Gasteiger partial charge in [-0.15, -0.1) is 0 Å². The molecule has 0 spiro atoms. The average molecular weight is 234 g/mol. The van der Waals surface area contributed by atoms with Crippen molar-refractivity contribution in [3.63, 3.8) is 0 Å². The molecule has 8 unspecified atom stereocenters. The van der Waals surface area contributed by atoms with Gasteiger partial charge in [-0.2, -0.15) is 0 Å². The molecule has 17 heavy (non-hydrogen) atoms. The Morgan fingerprint density at radius 1 is 0.882 bits per heavy atom. The summed E-state index contributed by atoms with van der Waals surface area (Å²) >= 11 is 0. The number of allylic oxidation sites excluding steroid dienone is 2. The quantitative estimate of drug-likeness (QED) is 0.466. The number of rotatable bonds is 0. The van der Waals surface area contributed by atoms with E-state index >= 15 is 0 Å². The van der Waals surface area contributed by atoms with Crippen molar-refractivity contribution in [2.45, 2.75) is 24.9 Å². The number of fused-ring (bicyclic) bond motifs is 12. The third-order valence-corrected chi connectivity index (χ3v) is 5.99. The maximum absolute atomic E-state index is 11.7. The van der Waals surface area contributed by atoms with Crippen LogP contribution in [0.5, 0.6) is 0 Å². The van der Waals surface area contributed by atoms with Gasteiger partial charge in [0.25, 0.3) is 0 Å². The summed E-state index contributed by atoms with van der Waals surface area (Å²) in [6, 6.07) is -0.405. The predicted molar refractivity (Wildman–Crippen MR) is 58.4 cm³/mol. The van der Waals surface area contributed by atoms with E-state index in [2.05, 4.69) is 12.2 Å². The molecule has 3 saturated carbocycles. The van der Waals surface area contributed by atoms with E-state index in [1.54, 1.807) is 0 Å². The summed E-state index contributed by atoms with van der Waals surface area (Å²) in [5.74, 6) is 3.37. The lowest BCUT2D eigenvalue weighted by molar-refractivity contribution is -0.242. The molecule has 1 aliphatic heterocycles. The van der Waals surface area contributed by atoms with Crippen molar-refractivity contribution in [2.24, 2.45) is 35.5 Å². The SMILES string of the molecule is [O-]N1ON([O-])C2C3CC(C4C5C=CC(C5)C34)C21. The van der Waals surface area contributed by atoms with Gasteiger partial charge in [-0.25, -0.2) is 15.4 Å². The molecule has 1 saturated heterocycles. The first kappa shape index (κ1) is 9.47. The van der Waals surface area contributed by atoms with Crippen LogP contribution < -0.4 is 0 Å². The molecule has 4 bridgehead atoms. The Morgan fingerprint density at radius 3 is 1.94 bits per heavy atom. The van der Waals surface area contributed by atoms with Gasteiger partial charge in [-0.1, -0.05) is 12.2 Å². The summed E-state index contributed by atoms with van der Waals surface area (Å²) in [4.78, 5) is 4.70. The minimum Gasteiger partial charge on any atom is -0.760 e. The van der Waals surface area contributed by atoms with Gasteiger partial charge in [0.15, 0.2) is 0 Å². The molecule has 5 rings (SSSR count). The standard InChI is InChI=1S/C12H14N2O3/c15-13-11-7-4-8(12(11)14(16)17-13)10-6-2-1-5(3-6)9(7)10/h1-2,5-12H,3-4H2/q-2. The van der Waals surface area contributed by atoms with Gasteiger partial charge in [0, 0.05) is 12.1 Å². The molecule has 8 atom stereocenters. The topological polar surface area (TPSA) is 61.8 Å². The Hall–Kier alpha value is -0.460. The zero-order valence-corrected chi connectivity index (χ0v) is 9.31. The maximum atomic E-state index is 11.7. The van der Waals surface area contributed by atoms with Crippen LogP contribution in [-0.4, -0.2) is 22.5 Å². The zero-order valence-electron chi connectivity index (χ0n) is 9.31. The number of hydrogen-bond acceptors (Lipinski definition) is 5. The van der Waals surface area contributed by atoms with Crippen LogP contribution in [-0.2, 0) is 4.94 Å². The first-order valence-corrected chi connectivity index (χ1v) is 6.55. The Kier molecular flexibility index (Phi) is 1.53. The first-order valence-electron chi connectivity index (χ1n) is 6.55. The normalized spacial score (nSPS) is 63.6. The maximum Gasteiger partial charge on any atom is 0.0440 e. The molecule has 0 N–H and O–H groups in total. The highest BCUT2D eigenvalue weighted by Crippen LogP contribution is 2.67. The molecule has 0 amide bonds. The van der Waals surface area contributed by atoms with Gasteiger partial charge >= 0.3 is 0 Å². The van der Waals surface area contributed by atoms with Crippen LogP contribution in [0.4, 0.5) is 0 Å². The van der Waals surface area contributed by atoms with E-state index in [9.17, 15) is 10.4 Å². The highest BCUT2D eigenvalue weighted by Gasteiger charge is 2.67. The molecule has 0 aromatic carbocycles. The van der Waals surface area contributed by atoms with Crippen molar-refractivity contribution in [1.82, 2.24) is 10.5 Å². The summed E-state index contributed by atoms with van der Waals surface area (Å²) in [5, 5.41) is 24.5. The molecule has 5 heteroatoms. The fourth-order valence-electron chi connectivity index (χ4n) is 5.72. The van der Waals surface area contributed by atoms with E-state index in [0.29, 0.717) is 46.0 Å². The third-order valence-electron chi connectivity index (χ3n) is 5.99. The summed E-state index contributed by atoms with van der Waals surface area (Å²) in [7, 11) is 0. The molecular formula is C12H14N2O3-2. The second-order valence-electron chi connectivity index (χ2n) is 6.30. The Bertz CT molecular complexity index is 381. The van der Waals surface area contributed by atoms with Crippen LogP contribution in [0.25, 0.3) is 0 Å². The highest BCUT2D eigenvalue weighted by molar-refractivity contribution is 5.24. The molecule has 4 fully saturated rings. The van der Waals surface area contributed by atoms with Crippen LogP contribution in [0.15, 0.2) is 12.2 Å². The molecule has 1 heterocycles. The van der Waals surface area contributed by atoms with Gasteiger partial charge in [-0.3, -0.25) is 0 Å². The second kappa shape index (κ2) is 2.75. The number of hydroxylamine groups is 4. The zero-order chi connectivity index (χ0) is 11.3. The van der Waals surface area contributed by atoms with Crippen molar-refractivity contribution in [2.75, 3.05) is 0 Å². The fraction of sp³-hybridized carbons (Fsp3) is 0.833. The molecule has 0 aromatic rings. The van der Waals surface area contributed by atoms with Crippen LogP contribution in [0.2, 0.25) is 0 Å². The number of hydrogen-bond donors (Lipinski definition) is 0. The van der Waals surface area contributed by atoms with Crippen LogP contribution >= 0.6 is 0 Å². The monoisotopic (exact) mass is 234 g/mol. The first-order chi connectivity index (χ1) is 8.25. The van der Waals surface area contributed by atoms with Crippen molar-refractivity contribution in [3.8, 4) is 0 Å². The van der Waals surface area contributed by atoms with Crippen molar-refractivity contribution < 1.29 is 4.94 Å². The smallest absolute Gasteiger partial charge is 0.0440 e. The number of nitrogens with zero attached hydrogens (tertiary/aromatic N) is 2. The Morgan fingerprint density at radius 2 is 1.41 bits per heavy atom. The van der Waals surface area contributed by atoms with Gasteiger partial charge in [0.05, 0.1) is 0 Å². The summed E-state index contributed by atoms with van der Waals surface area (Å²) in [6.45, 7) is 0. The molecule has 5 aliphatic rings. The van der Waals surface area contributed by atoms with Crippen LogP contribution in [0.3, 0.4) is 0 Å². The average Bonchev–Trinajstić information content (AvgIpc) is 3.03. The Labute approximate surface area is 99.1 Å². The van der Waals surface area contributed by atoms with E-state index < -0.39 is 0 Å². The van der Waals surface area contributed by atoms with Crippen molar-refractivity contribution in [1.29, 1.82) is 0 Å². The van der Waals surface area contributed by atoms with Gasteiger partial charge < -0.3 is 10.4 Å². The van der Waals surface area contributed by atoms with E-state index in [1.165, 1.54) is 6.42 Å². The summed E-state index contributed by atoms with van der Waals surface area (Å²) < 4.78 is 0. The predicted octanol–water partition coefficient (Wildman–Crippen LogP) is 1.27. The summed E-state index contributed by atoms with van der Waals surface area (Å²) in [5.41, 5.74) is 0. The third kappa shape index (κ3) is 0.891. The van der Waals surface area contributed by atoms with Crippen LogP contribution in [0, 0.1) is 45.9 Å². The van der Waals surface area contributed by atoms with Crippen molar-refractivity contribution in [3.05, 3.63) is 22.6 Å². The van der Waals surface area contributed by atoms with Gasteiger partial charge in [-0.05, 0) is 48.3 Å². The lowest BCUT2D eigenvalue weighted by atomic mass is 9.70. The largest absolute Gasteiger partial charge is 0.760 e. The molecule has 0 radical (unpaired) electrons. The minimum absolute atomic E-state index is 0.202. The molecule has 0 aromatic heterocycles. The summed E-state index contributed by atoms with van der Waals surface area (Å²) in [6.07, 6.45) is 6.98. The molecule has 4 aliphatic carbocycles. The van der Waals surface area contributed by atoms with Crippen LogP contribution in [0.1, 0.15) is 12.8 Å². The molecule has 92 valence electrons.